The molecule has 1 radical (unpaired) electrons. The van der Waals surface area contributed by atoms with Crippen LogP contribution in [0.4, 0.5) is 0 Å². The Kier molecular flexibility index (Phi) is 23.2. The van der Waals surface area contributed by atoms with Gasteiger partial charge in [0.2, 0.25) is 0 Å². The van der Waals surface area contributed by atoms with Gasteiger partial charge in [-0.25, -0.2) is 0 Å². The highest BCUT2D eigenvalue weighted by atomic mass is 31.1. The molecule has 0 heterocycles. The van der Waals surface area contributed by atoms with Gasteiger partial charge in [0.15, 0.2) is 0 Å². The number of hydrogen-bond donors (Lipinski definition) is 0. The van der Waals surface area contributed by atoms with Crippen molar-refractivity contribution in [2.75, 3.05) is 12.3 Å². The molecule has 0 aliphatic heterocycles. The molecule has 0 spiro atoms. The van der Waals surface area contributed by atoms with E-state index in [-0.39, 0.29) is 0 Å². The standard InChI is InChI=1S/C24H50OP/c1-3-5-7-9-11-13-15-17-19-21-23-26(25)24-22-20-18-16-14-12-10-8-6-4-2/h3-24H2,1-2H3. The Labute approximate surface area is 167 Å². The Hall–Kier alpha value is 0.100. The quantitative estimate of drug-likeness (QED) is 0.134. The molecule has 1 nitrogen and oxygen atoms in total. The second-order valence-electron chi connectivity index (χ2n) is 8.29. The summed E-state index contributed by atoms with van der Waals surface area (Å²) in [4.78, 5) is 0. The van der Waals surface area contributed by atoms with Crippen molar-refractivity contribution in [2.45, 2.75) is 142 Å². The topological polar surface area (TPSA) is 17.1 Å². The van der Waals surface area contributed by atoms with Crippen LogP contribution >= 0.6 is 7.80 Å². The molecule has 0 fully saturated rings. The Balaban J connectivity index is 3.13. The van der Waals surface area contributed by atoms with Crippen molar-refractivity contribution < 1.29 is 4.57 Å². The molecule has 0 saturated heterocycles. The molecule has 0 saturated carbocycles. The van der Waals surface area contributed by atoms with Gasteiger partial charge in [0.1, 0.15) is 0 Å². The first-order valence-electron chi connectivity index (χ1n) is 12.2. The fourth-order valence-corrected chi connectivity index (χ4v) is 5.04. The normalized spacial score (nSPS) is 11.2. The van der Waals surface area contributed by atoms with Crippen molar-refractivity contribution in [2.24, 2.45) is 0 Å². The van der Waals surface area contributed by atoms with E-state index in [2.05, 4.69) is 13.8 Å². The third kappa shape index (κ3) is 22.1. The van der Waals surface area contributed by atoms with E-state index in [0.29, 0.717) is 0 Å². The lowest BCUT2D eigenvalue weighted by Gasteiger charge is -2.04. The molecule has 0 aromatic heterocycles. The van der Waals surface area contributed by atoms with E-state index >= 15 is 0 Å². The summed E-state index contributed by atoms with van der Waals surface area (Å²) >= 11 is 0. The van der Waals surface area contributed by atoms with Crippen LogP contribution in [-0.4, -0.2) is 12.3 Å². The van der Waals surface area contributed by atoms with E-state index in [0.717, 1.165) is 12.3 Å². The first kappa shape index (κ1) is 26.1. The van der Waals surface area contributed by atoms with Crippen molar-refractivity contribution in [3.63, 3.8) is 0 Å². The van der Waals surface area contributed by atoms with Crippen LogP contribution in [0.15, 0.2) is 0 Å². The van der Waals surface area contributed by atoms with Gasteiger partial charge >= 0.3 is 0 Å². The Morgan fingerprint density at radius 1 is 0.385 bits per heavy atom. The molecule has 26 heavy (non-hydrogen) atoms. The largest absolute Gasteiger partial charge is 0.287 e. The number of hydrogen-bond acceptors (Lipinski definition) is 1. The minimum absolute atomic E-state index is 0.900. The molecule has 157 valence electrons. The maximum Gasteiger partial charge on any atom is 0.0718 e. The third-order valence-electron chi connectivity index (χ3n) is 5.52. The predicted octanol–water partition coefficient (Wildman–Crippen LogP) is 9.66. The average molecular weight is 386 g/mol. The minimum atomic E-state index is -0.900. The van der Waals surface area contributed by atoms with Crippen molar-refractivity contribution in [3.8, 4) is 0 Å². The van der Waals surface area contributed by atoms with Gasteiger partial charge < -0.3 is 0 Å². The molecule has 0 aromatic rings. The van der Waals surface area contributed by atoms with Gasteiger partial charge in [-0.2, -0.15) is 0 Å². The summed E-state index contributed by atoms with van der Waals surface area (Å²) in [6.45, 7) is 4.56. The minimum Gasteiger partial charge on any atom is -0.287 e. The number of unbranched alkanes of at least 4 members (excludes halogenated alkanes) is 18. The van der Waals surface area contributed by atoms with Gasteiger partial charge in [-0.3, -0.25) is 4.57 Å². The Morgan fingerprint density at radius 3 is 0.885 bits per heavy atom. The molecule has 0 unspecified atom stereocenters. The first-order valence-corrected chi connectivity index (χ1v) is 13.9. The monoisotopic (exact) mass is 385 g/mol. The predicted molar refractivity (Wildman–Crippen MR) is 121 cm³/mol. The van der Waals surface area contributed by atoms with E-state index in [1.54, 1.807) is 0 Å². The molecule has 0 aliphatic rings. The highest BCUT2D eigenvalue weighted by molar-refractivity contribution is 7.44. The fourth-order valence-electron chi connectivity index (χ4n) is 3.66. The van der Waals surface area contributed by atoms with Gasteiger partial charge in [0.05, 0.1) is 7.80 Å². The molecule has 0 aromatic carbocycles. The fraction of sp³-hybridized carbons (Fsp3) is 1.00. The van der Waals surface area contributed by atoms with Crippen LogP contribution in [0.5, 0.6) is 0 Å². The lowest BCUT2D eigenvalue weighted by atomic mass is 10.1. The van der Waals surface area contributed by atoms with E-state index in [1.807, 2.05) is 0 Å². The lowest BCUT2D eigenvalue weighted by molar-refractivity contribution is 0.554. The first-order chi connectivity index (χ1) is 12.8. The second kappa shape index (κ2) is 23.1. The van der Waals surface area contributed by atoms with E-state index < -0.39 is 7.80 Å². The van der Waals surface area contributed by atoms with Gasteiger partial charge in [-0.15, -0.1) is 0 Å². The van der Waals surface area contributed by atoms with Crippen molar-refractivity contribution in [3.05, 3.63) is 0 Å². The summed E-state index contributed by atoms with van der Waals surface area (Å²) in [6, 6.07) is 0. The van der Waals surface area contributed by atoms with Gasteiger partial charge in [0, 0.05) is 12.3 Å². The molecule has 0 aliphatic carbocycles. The molecular formula is C24H50OP. The van der Waals surface area contributed by atoms with Crippen molar-refractivity contribution in [1.29, 1.82) is 0 Å². The third-order valence-corrected chi connectivity index (χ3v) is 7.15. The lowest BCUT2D eigenvalue weighted by Crippen LogP contribution is -1.88. The zero-order chi connectivity index (χ0) is 19.1. The van der Waals surface area contributed by atoms with Gasteiger partial charge in [0.25, 0.3) is 0 Å². The van der Waals surface area contributed by atoms with Gasteiger partial charge in [-0.05, 0) is 12.8 Å². The summed E-state index contributed by atoms with van der Waals surface area (Å²) < 4.78 is 12.1. The SMILES string of the molecule is CCCCCCCCCCCC[P](=O)CCCCCCCCCCCC. The summed E-state index contributed by atoms with van der Waals surface area (Å²) in [6.07, 6.45) is 29.4. The summed E-state index contributed by atoms with van der Waals surface area (Å²) in [5, 5.41) is 0. The molecule has 2 heteroatoms. The van der Waals surface area contributed by atoms with Crippen LogP contribution in [-0.2, 0) is 4.57 Å². The number of rotatable bonds is 22. The van der Waals surface area contributed by atoms with Gasteiger partial charge in [-0.1, -0.05) is 129 Å². The Morgan fingerprint density at radius 2 is 0.615 bits per heavy atom. The van der Waals surface area contributed by atoms with Crippen LogP contribution in [0.1, 0.15) is 142 Å². The molecule has 0 bridgehead atoms. The van der Waals surface area contributed by atoms with Crippen LogP contribution in [0.2, 0.25) is 0 Å². The zero-order valence-corrected chi connectivity index (χ0v) is 19.3. The smallest absolute Gasteiger partial charge is 0.0718 e. The summed E-state index contributed by atoms with van der Waals surface area (Å²) in [5.41, 5.74) is 0. The zero-order valence-electron chi connectivity index (χ0n) is 18.4. The average Bonchev–Trinajstić information content (AvgIpc) is 2.64. The van der Waals surface area contributed by atoms with Crippen LogP contribution in [0, 0.1) is 0 Å². The molecular weight excluding hydrogens is 335 g/mol. The Bertz CT molecular complexity index is 251. The molecule has 0 amide bonds. The van der Waals surface area contributed by atoms with Crippen molar-refractivity contribution >= 4 is 7.80 Å². The molecule has 0 rings (SSSR count). The molecule has 0 N–H and O–H groups in total. The van der Waals surface area contributed by atoms with Crippen molar-refractivity contribution in [1.82, 2.24) is 0 Å². The van der Waals surface area contributed by atoms with E-state index in [1.165, 1.54) is 128 Å². The second-order valence-corrected chi connectivity index (χ2v) is 10.2. The highest BCUT2D eigenvalue weighted by Crippen LogP contribution is 2.25. The highest BCUT2D eigenvalue weighted by Gasteiger charge is 2.01. The van der Waals surface area contributed by atoms with E-state index in [9.17, 15) is 4.57 Å². The summed E-state index contributed by atoms with van der Waals surface area (Å²) in [5.74, 6) is 0. The maximum atomic E-state index is 12.1. The van der Waals surface area contributed by atoms with Crippen LogP contribution in [0.25, 0.3) is 0 Å². The molecule has 0 atom stereocenters. The van der Waals surface area contributed by atoms with Crippen LogP contribution in [0.3, 0.4) is 0 Å². The van der Waals surface area contributed by atoms with Crippen LogP contribution < -0.4 is 0 Å². The summed E-state index contributed by atoms with van der Waals surface area (Å²) in [7, 11) is -0.900. The van der Waals surface area contributed by atoms with E-state index in [4.69, 9.17) is 0 Å². The maximum absolute atomic E-state index is 12.1.